The van der Waals surface area contributed by atoms with Gasteiger partial charge in [-0.1, -0.05) is 48.9 Å². The summed E-state index contributed by atoms with van der Waals surface area (Å²) >= 11 is 6.37. The van der Waals surface area contributed by atoms with Crippen LogP contribution in [0.3, 0.4) is 0 Å². The highest BCUT2D eigenvalue weighted by molar-refractivity contribution is 6.31. The lowest BCUT2D eigenvalue weighted by Gasteiger charge is -2.23. The minimum absolute atomic E-state index is 0.0401. The van der Waals surface area contributed by atoms with Crippen LogP contribution in [-0.4, -0.2) is 53.9 Å². The van der Waals surface area contributed by atoms with Gasteiger partial charge in [-0.2, -0.15) is 13.2 Å². The first kappa shape index (κ1) is 28.0. The predicted octanol–water partition coefficient (Wildman–Crippen LogP) is 6.45. The first-order chi connectivity index (χ1) is 18.1. The Bertz CT molecular complexity index is 1300. The Kier molecular flexibility index (Phi) is 8.73. The molecule has 1 fully saturated rings. The standard InChI is InChI=1S/C29H32ClF3N4O/c1-4-7-27(38)23-9-6-5-8-19(23)14-26-25(30)17-34-28(35-26)15-20-10-11-21(16-24(20)29(31,32)33)37-13-12-22(18-37)36(2)3/h5-6,8-11,16-17,22H,4,7,12-15,18H2,1-3H3/t22-/m0/s1. The zero-order valence-electron chi connectivity index (χ0n) is 21.9. The van der Waals surface area contributed by atoms with E-state index in [1.807, 2.05) is 44.1 Å². The van der Waals surface area contributed by atoms with Gasteiger partial charge in [-0.3, -0.25) is 4.79 Å². The summed E-state index contributed by atoms with van der Waals surface area (Å²) in [6.07, 6.45) is -0.820. The van der Waals surface area contributed by atoms with Crippen LogP contribution >= 0.6 is 11.6 Å². The summed E-state index contributed by atoms with van der Waals surface area (Å²) in [5.41, 5.74) is 1.86. The van der Waals surface area contributed by atoms with Crippen LogP contribution < -0.4 is 4.90 Å². The van der Waals surface area contributed by atoms with Crippen molar-refractivity contribution in [1.29, 1.82) is 0 Å². The van der Waals surface area contributed by atoms with E-state index in [-0.39, 0.29) is 30.0 Å². The molecule has 5 nitrogen and oxygen atoms in total. The number of likely N-dealkylation sites (N-methyl/N-ethyl adjacent to an activating group) is 1. The molecule has 1 aliphatic heterocycles. The number of hydrogen-bond donors (Lipinski definition) is 0. The largest absolute Gasteiger partial charge is 0.416 e. The Labute approximate surface area is 226 Å². The van der Waals surface area contributed by atoms with E-state index in [0.717, 1.165) is 18.4 Å². The van der Waals surface area contributed by atoms with Crippen LogP contribution in [0, 0.1) is 0 Å². The lowest BCUT2D eigenvalue weighted by Crippen LogP contribution is -2.31. The fourth-order valence-corrected chi connectivity index (χ4v) is 5.05. The molecule has 0 N–H and O–H groups in total. The molecule has 202 valence electrons. The molecule has 9 heteroatoms. The summed E-state index contributed by atoms with van der Waals surface area (Å²) in [4.78, 5) is 25.4. The van der Waals surface area contributed by atoms with Crippen LogP contribution in [0.4, 0.5) is 18.9 Å². The molecule has 0 radical (unpaired) electrons. The lowest BCUT2D eigenvalue weighted by atomic mass is 9.97. The van der Waals surface area contributed by atoms with Gasteiger partial charge >= 0.3 is 6.18 Å². The van der Waals surface area contributed by atoms with Crippen LogP contribution in [0.15, 0.2) is 48.7 Å². The average molecular weight is 545 g/mol. The molecular weight excluding hydrogens is 513 g/mol. The zero-order chi connectivity index (χ0) is 27.4. The quantitative estimate of drug-likeness (QED) is 0.290. The normalized spacial score (nSPS) is 15.9. The molecule has 0 amide bonds. The molecule has 0 bridgehead atoms. The van der Waals surface area contributed by atoms with Gasteiger partial charge in [-0.05, 0) is 50.2 Å². The predicted molar refractivity (Wildman–Crippen MR) is 144 cm³/mol. The van der Waals surface area contributed by atoms with Gasteiger partial charge in [-0.25, -0.2) is 9.97 Å². The van der Waals surface area contributed by atoms with Crippen molar-refractivity contribution in [3.05, 3.63) is 87.5 Å². The zero-order valence-corrected chi connectivity index (χ0v) is 22.6. The van der Waals surface area contributed by atoms with Crippen LogP contribution in [0.2, 0.25) is 5.02 Å². The van der Waals surface area contributed by atoms with Gasteiger partial charge in [0.25, 0.3) is 0 Å². The molecule has 38 heavy (non-hydrogen) atoms. The number of halogens is 4. The molecule has 0 aliphatic carbocycles. The number of anilines is 1. The van der Waals surface area contributed by atoms with Crippen molar-refractivity contribution in [2.45, 2.75) is 51.2 Å². The van der Waals surface area contributed by atoms with E-state index in [9.17, 15) is 18.0 Å². The number of benzene rings is 2. The molecule has 1 saturated heterocycles. The van der Waals surface area contributed by atoms with Gasteiger partial charge in [-0.15, -0.1) is 0 Å². The number of carbonyl (C=O) groups is 1. The Balaban J connectivity index is 1.60. The highest BCUT2D eigenvalue weighted by Gasteiger charge is 2.35. The summed E-state index contributed by atoms with van der Waals surface area (Å²) in [6.45, 7) is 3.35. The molecule has 2 heterocycles. The van der Waals surface area contributed by atoms with Gasteiger partial charge in [0.05, 0.1) is 16.3 Å². The molecule has 3 aromatic rings. The maximum atomic E-state index is 14.1. The number of ketones is 1. The fraction of sp³-hybridized carbons (Fsp3) is 0.414. The van der Waals surface area contributed by atoms with E-state index in [1.165, 1.54) is 18.3 Å². The molecule has 0 spiro atoms. The molecule has 2 aromatic carbocycles. The van der Waals surface area contributed by atoms with Crippen LogP contribution in [-0.2, 0) is 19.0 Å². The molecule has 0 unspecified atom stereocenters. The summed E-state index contributed by atoms with van der Waals surface area (Å²) in [5, 5.41) is 0.308. The summed E-state index contributed by atoms with van der Waals surface area (Å²) in [5.74, 6) is 0.284. The van der Waals surface area contributed by atoms with E-state index in [4.69, 9.17) is 11.6 Å². The van der Waals surface area contributed by atoms with Gasteiger partial charge in [0.1, 0.15) is 5.82 Å². The van der Waals surface area contributed by atoms with Gasteiger partial charge < -0.3 is 9.80 Å². The van der Waals surface area contributed by atoms with Crippen molar-refractivity contribution in [3.8, 4) is 0 Å². The van der Waals surface area contributed by atoms with Crippen molar-refractivity contribution in [1.82, 2.24) is 14.9 Å². The lowest BCUT2D eigenvalue weighted by molar-refractivity contribution is -0.138. The number of Topliss-reactive ketones (excluding diaryl/α,β-unsaturated/α-hetero) is 1. The molecule has 0 saturated carbocycles. The van der Waals surface area contributed by atoms with E-state index in [2.05, 4.69) is 14.9 Å². The smallest absolute Gasteiger partial charge is 0.370 e. The van der Waals surface area contributed by atoms with E-state index < -0.39 is 11.7 Å². The fourth-order valence-electron chi connectivity index (χ4n) is 4.89. The first-order valence-electron chi connectivity index (χ1n) is 12.8. The van der Waals surface area contributed by atoms with Crippen molar-refractivity contribution in [3.63, 3.8) is 0 Å². The van der Waals surface area contributed by atoms with E-state index >= 15 is 0 Å². The molecule has 4 rings (SSSR count). The topological polar surface area (TPSA) is 49.3 Å². The summed E-state index contributed by atoms with van der Waals surface area (Å²) in [7, 11) is 3.97. The monoisotopic (exact) mass is 544 g/mol. The second-order valence-corrected chi connectivity index (χ2v) is 10.4. The molecule has 1 aromatic heterocycles. The SMILES string of the molecule is CCCC(=O)c1ccccc1Cc1nc(Cc2ccc(N3CC[C@H](N(C)C)C3)cc2C(F)(F)F)ncc1Cl. The molecular formula is C29H32ClF3N4O. The Morgan fingerprint density at radius 2 is 1.89 bits per heavy atom. The number of aromatic nitrogens is 2. The maximum absolute atomic E-state index is 14.1. The molecule has 1 atom stereocenters. The van der Waals surface area contributed by atoms with Crippen LogP contribution in [0.25, 0.3) is 0 Å². The summed E-state index contributed by atoms with van der Waals surface area (Å²) in [6, 6.07) is 12.1. The third-order valence-electron chi connectivity index (χ3n) is 7.03. The van der Waals surface area contributed by atoms with Crippen LogP contribution in [0.1, 0.15) is 64.8 Å². The number of nitrogens with zero attached hydrogens (tertiary/aromatic N) is 4. The number of carbonyl (C=O) groups excluding carboxylic acids is 1. The minimum atomic E-state index is -4.51. The highest BCUT2D eigenvalue weighted by Crippen LogP contribution is 2.36. The second-order valence-electron chi connectivity index (χ2n) is 9.96. The third-order valence-corrected chi connectivity index (χ3v) is 7.34. The number of hydrogen-bond acceptors (Lipinski definition) is 5. The van der Waals surface area contributed by atoms with Gasteiger partial charge in [0.15, 0.2) is 5.78 Å². The van der Waals surface area contributed by atoms with Gasteiger partial charge in [0.2, 0.25) is 0 Å². The maximum Gasteiger partial charge on any atom is 0.416 e. The highest BCUT2D eigenvalue weighted by atomic mass is 35.5. The van der Waals surface area contributed by atoms with Gasteiger partial charge in [0, 0.05) is 55.8 Å². The summed E-state index contributed by atoms with van der Waals surface area (Å²) < 4.78 is 42.3. The van der Waals surface area contributed by atoms with Crippen molar-refractivity contribution in [2.24, 2.45) is 0 Å². The third kappa shape index (κ3) is 6.53. The Hall–Kier alpha value is -2.97. The first-order valence-corrected chi connectivity index (χ1v) is 13.2. The number of rotatable bonds is 9. The average Bonchev–Trinajstić information content (AvgIpc) is 3.37. The van der Waals surface area contributed by atoms with Crippen molar-refractivity contribution >= 4 is 23.1 Å². The van der Waals surface area contributed by atoms with Crippen molar-refractivity contribution < 1.29 is 18.0 Å². The number of alkyl halides is 3. The molecule has 1 aliphatic rings. The van der Waals surface area contributed by atoms with E-state index in [1.54, 1.807) is 12.1 Å². The van der Waals surface area contributed by atoms with Crippen LogP contribution in [0.5, 0.6) is 0 Å². The second kappa shape index (κ2) is 11.8. The minimum Gasteiger partial charge on any atom is -0.370 e. The van der Waals surface area contributed by atoms with Crippen molar-refractivity contribution in [2.75, 3.05) is 32.1 Å². The Morgan fingerprint density at radius 1 is 1.13 bits per heavy atom. The Morgan fingerprint density at radius 3 is 2.58 bits per heavy atom. The van der Waals surface area contributed by atoms with E-state index in [0.29, 0.717) is 47.5 Å².